The van der Waals surface area contributed by atoms with Crippen LogP contribution in [0.15, 0.2) is 24.3 Å². The van der Waals surface area contributed by atoms with Crippen LogP contribution in [-0.4, -0.2) is 42.6 Å². The van der Waals surface area contributed by atoms with Gasteiger partial charge in [-0.25, -0.2) is 0 Å². The van der Waals surface area contributed by atoms with Crippen molar-refractivity contribution in [3.8, 4) is 5.75 Å². The van der Waals surface area contributed by atoms with E-state index >= 15 is 0 Å². The summed E-state index contributed by atoms with van der Waals surface area (Å²) >= 11 is 0. The predicted octanol–water partition coefficient (Wildman–Crippen LogP) is 2.41. The van der Waals surface area contributed by atoms with Gasteiger partial charge in [0.1, 0.15) is 5.75 Å². The maximum absolute atomic E-state index is 9.61. The summed E-state index contributed by atoms with van der Waals surface area (Å²) < 4.78 is 4.92. The molecule has 1 fully saturated rings. The molecule has 0 aromatic heterocycles. The van der Waals surface area contributed by atoms with Crippen LogP contribution in [0.1, 0.15) is 43.6 Å². The Balaban J connectivity index is 1.67. The Kier molecular flexibility index (Phi) is 6.49. The van der Waals surface area contributed by atoms with Gasteiger partial charge in [0.15, 0.2) is 0 Å². The molecule has 1 unspecified atom stereocenters. The lowest BCUT2D eigenvalue weighted by atomic mass is 9.82. The van der Waals surface area contributed by atoms with Gasteiger partial charge in [-0.15, -0.1) is 0 Å². The number of hydrogen-bond donors (Lipinski definition) is 3. The van der Waals surface area contributed by atoms with E-state index in [1.165, 1.54) is 31.2 Å². The van der Waals surface area contributed by atoms with E-state index in [2.05, 4.69) is 5.32 Å². The average molecular weight is 293 g/mol. The number of nitrogens with one attached hydrogen (secondary N) is 1. The molecule has 0 radical (unpaired) electrons. The first kappa shape index (κ1) is 16.3. The third kappa shape index (κ3) is 5.30. The van der Waals surface area contributed by atoms with Crippen molar-refractivity contribution in [1.29, 1.82) is 0 Å². The fourth-order valence-electron chi connectivity index (χ4n) is 3.11. The molecule has 1 saturated carbocycles. The first-order chi connectivity index (χ1) is 10.2. The van der Waals surface area contributed by atoms with Gasteiger partial charge in [-0.1, -0.05) is 12.1 Å². The minimum atomic E-state index is -0.365. The summed E-state index contributed by atoms with van der Waals surface area (Å²) in [5.41, 5.74) is 1.33. The minimum absolute atomic E-state index is 0.337. The Hall–Kier alpha value is -1.10. The van der Waals surface area contributed by atoms with Crippen LogP contribution in [0.2, 0.25) is 0 Å². The van der Waals surface area contributed by atoms with Crippen LogP contribution >= 0.6 is 0 Å². The van der Waals surface area contributed by atoms with Crippen molar-refractivity contribution in [3.63, 3.8) is 0 Å². The van der Waals surface area contributed by atoms with Gasteiger partial charge in [0, 0.05) is 13.2 Å². The highest BCUT2D eigenvalue weighted by Gasteiger charge is 2.22. The predicted molar refractivity (Wildman–Crippen MR) is 83.6 cm³/mol. The second-order valence-electron chi connectivity index (χ2n) is 5.99. The molecule has 21 heavy (non-hydrogen) atoms. The van der Waals surface area contributed by atoms with Crippen molar-refractivity contribution in [2.75, 3.05) is 20.3 Å². The Morgan fingerprint density at radius 3 is 2.48 bits per heavy atom. The number of phenolic OH excluding ortho intramolecular Hbond substituents is 1. The monoisotopic (exact) mass is 293 g/mol. The topological polar surface area (TPSA) is 61.7 Å². The standard InChI is InChI=1S/C17H27NO3/c1-21-12-17(20)10-11-18-15-6-2-13(3-7-15)14-4-8-16(19)9-5-14/h4-5,8-9,13,15,17-20H,2-3,6-7,10-12H2,1H3. The van der Waals surface area contributed by atoms with E-state index in [-0.39, 0.29) is 6.10 Å². The highest BCUT2D eigenvalue weighted by Crippen LogP contribution is 2.33. The number of aliphatic hydroxyl groups is 1. The average Bonchev–Trinajstić information content (AvgIpc) is 2.49. The molecule has 1 aliphatic carbocycles. The van der Waals surface area contributed by atoms with E-state index in [0.29, 0.717) is 24.3 Å². The Labute approximate surface area is 127 Å². The largest absolute Gasteiger partial charge is 0.508 e. The Bertz CT molecular complexity index is 399. The molecule has 3 N–H and O–H groups in total. The molecule has 118 valence electrons. The molecule has 0 bridgehead atoms. The zero-order valence-electron chi connectivity index (χ0n) is 12.8. The Morgan fingerprint density at radius 2 is 1.86 bits per heavy atom. The molecule has 1 aromatic rings. The van der Waals surface area contributed by atoms with E-state index in [0.717, 1.165) is 13.0 Å². The lowest BCUT2D eigenvalue weighted by Gasteiger charge is -2.29. The summed E-state index contributed by atoms with van der Waals surface area (Å²) in [7, 11) is 1.61. The van der Waals surface area contributed by atoms with Gasteiger partial charge in [-0.05, 0) is 62.3 Å². The number of aliphatic hydroxyl groups excluding tert-OH is 1. The molecule has 1 aliphatic rings. The summed E-state index contributed by atoms with van der Waals surface area (Å²) in [5.74, 6) is 0.950. The molecule has 0 aliphatic heterocycles. The van der Waals surface area contributed by atoms with E-state index in [1.807, 2.05) is 12.1 Å². The Morgan fingerprint density at radius 1 is 1.19 bits per heavy atom. The maximum Gasteiger partial charge on any atom is 0.115 e. The second kappa shape index (κ2) is 8.37. The van der Waals surface area contributed by atoms with Crippen molar-refractivity contribution in [2.24, 2.45) is 0 Å². The smallest absolute Gasteiger partial charge is 0.115 e. The van der Waals surface area contributed by atoms with Gasteiger partial charge in [0.25, 0.3) is 0 Å². The minimum Gasteiger partial charge on any atom is -0.508 e. The molecule has 0 amide bonds. The summed E-state index contributed by atoms with van der Waals surface area (Å²) in [6.07, 6.45) is 5.09. The molecule has 4 heteroatoms. The number of benzene rings is 1. The number of rotatable bonds is 7. The molecule has 0 spiro atoms. The number of hydrogen-bond acceptors (Lipinski definition) is 4. The lowest BCUT2D eigenvalue weighted by Crippen LogP contribution is -2.35. The van der Waals surface area contributed by atoms with Gasteiger partial charge >= 0.3 is 0 Å². The SMILES string of the molecule is COCC(O)CCNC1CCC(c2ccc(O)cc2)CC1. The quantitative estimate of drug-likeness (QED) is 0.722. The third-order valence-electron chi connectivity index (χ3n) is 4.36. The van der Waals surface area contributed by atoms with Crippen LogP contribution in [0.25, 0.3) is 0 Å². The normalized spacial score (nSPS) is 23.9. The highest BCUT2D eigenvalue weighted by molar-refractivity contribution is 5.28. The molecule has 1 aromatic carbocycles. The summed E-state index contributed by atoms with van der Waals surface area (Å²) in [6, 6.07) is 8.19. The molecule has 0 heterocycles. The molecule has 1 atom stereocenters. The highest BCUT2D eigenvalue weighted by atomic mass is 16.5. The van der Waals surface area contributed by atoms with Crippen molar-refractivity contribution >= 4 is 0 Å². The van der Waals surface area contributed by atoms with Gasteiger partial charge in [0.2, 0.25) is 0 Å². The van der Waals surface area contributed by atoms with Crippen LogP contribution in [0.5, 0.6) is 5.75 Å². The number of ether oxygens (including phenoxy) is 1. The van der Waals surface area contributed by atoms with Crippen LogP contribution in [0, 0.1) is 0 Å². The van der Waals surface area contributed by atoms with Crippen molar-refractivity contribution in [3.05, 3.63) is 29.8 Å². The van der Waals surface area contributed by atoms with Crippen LogP contribution in [0.4, 0.5) is 0 Å². The molecule has 4 nitrogen and oxygen atoms in total. The fourth-order valence-corrected chi connectivity index (χ4v) is 3.11. The van der Waals surface area contributed by atoms with Gasteiger partial charge < -0.3 is 20.3 Å². The molecule has 2 rings (SSSR count). The van der Waals surface area contributed by atoms with Crippen LogP contribution in [-0.2, 0) is 4.74 Å². The first-order valence-electron chi connectivity index (χ1n) is 7.88. The summed E-state index contributed by atoms with van der Waals surface area (Å²) in [5, 5.41) is 22.5. The van der Waals surface area contributed by atoms with Crippen LogP contribution in [0.3, 0.4) is 0 Å². The molecular formula is C17H27NO3. The lowest BCUT2D eigenvalue weighted by molar-refractivity contribution is 0.0587. The van der Waals surface area contributed by atoms with Crippen molar-refractivity contribution < 1.29 is 14.9 Å². The van der Waals surface area contributed by atoms with Crippen LogP contribution < -0.4 is 5.32 Å². The van der Waals surface area contributed by atoms with E-state index in [4.69, 9.17) is 4.74 Å². The van der Waals surface area contributed by atoms with Gasteiger partial charge in [-0.2, -0.15) is 0 Å². The first-order valence-corrected chi connectivity index (χ1v) is 7.88. The molecular weight excluding hydrogens is 266 g/mol. The summed E-state index contributed by atoms with van der Waals surface area (Å²) in [6.45, 7) is 1.26. The maximum atomic E-state index is 9.61. The van der Waals surface area contributed by atoms with Gasteiger partial charge in [-0.3, -0.25) is 0 Å². The molecule has 0 saturated heterocycles. The van der Waals surface area contributed by atoms with Crippen molar-refractivity contribution in [2.45, 2.75) is 50.2 Å². The second-order valence-corrected chi connectivity index (χ2v) is 5.99. The van der Waals surface area contributed by atoms with E-state index in [1.54, 1.807) is 19.2 Å². The number of methoxy groups -OCH3 is 1. The number of aromatic hydroxyl groups is 1. The third-order valence-corrected chi connectivity index (χ3v) is 4.36. The number of phenols is 1. The van der Waals surface area contributed by atoms with E-state index < -0.39 is 0 Å². The zero-order valence-corrected chi connectivity index (χ0v) is 12.8. The van der Waals surface area contributed by atoms with E-state index in [9.17, 15) is 10.2 Å². The van der Waals surface area contributed by atoms with Gasteiger partial charge in [0.05, 0.1) is 12.7 Å². The summed E-state index contributed by atoms with van der Waals surface area (Å²) in [4.78, 5) is 0. The van der Waals surface area contributed by atoms with Crippen molar-refractivity contribution in [1.82, 2.24) is 5.32 Å². The fraction of sp³-hybridized carbons (Fsp3) is 0.647. The zero-order chi connectivity index (χ0) is 15.1.